The van der Waals surface area contributed by atoms with Crippen LogP contribution in [0.15, 0.2) is 36.5 Å². The van der Waals surface area contributed by atoms with Crippen LogP contribution >= 0.6 is 23.2 Å². The van der Waals surface area contributed by atoms with Crippen molar-refractivity contribution in [3.8, 4) is 0 Å². The smallest absolute Gasteiger partial charge is 0.262 e. The number of pyridine rings is 1. The van der Waals surface area contributed by atoms with Crippen LogP contribution in [0.2, 0.25) is 10.0 Å². The zero-order chi connectivity index (χ0) is 22.6. The van der Waals surface area contributed by atoms with Crippen LogP contribution in [0, 0.1) is 0 Å². The molecule has 3 rings (SSSR count). The van der Waals surface area contributed by atoms with Gasteiger partial charge in [0.2, 0.25) is 11.8 Å². The molecule has 1 saturated heterocycles. The topological polar surface area (TPSA) is 109 Å². The number of hydrogen-bond acceptors (Lipinski definition) is 5. The molecule has 1 aromatic carbocycles. The summed E-state index contributed by atoms with van der Waals surface area (Å²) in [5.74, 6) is -3.78. The molecule has 1 aliphatic rings. The summed E-state index contributed by atoms with van der Waals surface area (Å²) in [6, 6.07) is 6.05. The number of benzene rings is 1. The van der Waals surface area contributed by atoms with Crippen LogP contribution in [0.1, 0.15) is 17.5 Å². The maximum Gasteiger partial charge on any atom is 0.262 e. The summed E-state index contributed by atoms with van der Waals surface area (Å²) in [5.41, 5.74) is 6.90. The summed E-state index contributed by atoms with van der Waals surface area (Å²) in [4.78, 5) is 29.3. The average molecular weight is 472 g/mol. The Kier molecular flexibility index (Phi) is 7.30. The molecule has 7 nitrogen and oxygen atoms in total. The number of hydrogen-bond donors (Lipinski definition) is 4. The molecule has 0 spiro atoms. The van der Waals surface area contributed by atoms with E-state index in [4.69, 9.17) is 28.9 Å². The van der Waals surface area contributed by atoms with Gasteiger partial charge in [0.15, 0.2) is 0 Å². The van der Waals surface area contributed by atoms with E-state index in [0.29, 0.717) is 27.0 Å². The van der Waals surface area contributed by atoms with E-state index in [1.165, 1.54) is 6.20 Å². The van der Waals surface area contributed by atoms with Gasteiger partial charge in [0.25, 0.3) is 5.92 Å². The van der Waals surface area contributed by atoms with Gasteiger partial charge in [0.05, 0.1) is 22.6 Å². The molecular formula is C20H21Cl2F2N5O2. The van der Waals surface area contributed by atoms with E-state index in [9.17, 15) is 18.4 Å². The lowest BCUT2D eigenvalue weighted by molar-refractivity contribution is -0.130. The van der Waals surface area contributed by atoms with E-state index in [1.807, 2.05) is 0 Å². The fraction of sp³-hybridized carbons (Fsp3) is 0.350. The van der Waals surface area contributed by atoms with Gasteiger partial charge in [0.1, 0.15) is 11.9 Å². The lowest BCUT2D eigenvalue weighted by Crippen LogP contribution is -2.52. The lowest BCUT2D eigenvalue weighted by atomic mass is 10.0. The number of nitrogen functional groups attached to an aromatic ring is 1. The van der Waals surface area contributed by atoms with Crippen LogP contribution < -0.4 is 21.7 Å². The third-order valence-electron chi connectivity index (χ3n) is 4.80. The minimum absolute atomic E-state index is 0.0948. The zero-order valence-corrected chi connectivity index (χ0v) is 17.8. The number of alkyl halides is 2. The predicted octanol–water partition coefficient (Wildman–Crippen LogP) is 2.31. The number of halogens is 4. The molecule has 1 aromatic heterocycles. The Morgan fingerprint density at radius 2 is 1.97 bits per heavy atom. The van der Waals surface area contributed by atoms with Crippen molar-refractivity contribution in [1.82, 2.24) is 20.9 Å². The fourth-order valence-corrected chi connectivity index (χ4v) is 3.46. The van der Waals surface area contributed by atoms with Crippen LogP contribution in [0.3, 0.4) is 0 Å². The molecule has 1 fully saturated rings. The van der Waals surface area contributed by atoms with Crippen molar-refractivity contribution in [2.24, 2.45) is 0 Å². The predicted molar refractivity (Wildman–Crippen MR) is 114 cm³/mol. The molecule has 31 heavy (non-hydrogen) atoms. The highest BCUT2D eigenvalue weighted by Crippen LogP contribution is 2.26. The van der Waals surface area contributed by atoms with Crippen molar-refractivity contribution in [3.63, 3.8) is 0 Å². The number of nitrogens with zero attached hydrogens (tertiary/aromatic N) is 1. The van der Waals surface area contributed by atoms with Crippen molar-refractivity contribution < 1.29 is 18.4 Å². The fourth-order valence-electron chi connectivity index (χ4n) is 3.14. The minimum Gasteiger partial charge on any atom is -0.384 e. The van der Waals surface area contributed by atoms with Crippen molar-refractivity contribution in [2.75, 3.05) is 12.3 Å². The molecule has 0 saturated carbocycles. The maximum atomic E-state index is 13.5. The van der Waals surface area contributed by atoms with Gasteiger partial charge < -0.3 is 16.4 Å². The van der Waals surface area contributed by atoms with Gasteiger partial charge in [-0.15, -0.1) is 0 Å². The summed E-state index contributed by atoms with van der Waals surface area (Å²) in [6.45, 7) is -0.432. The quantitative estimate of drug-likeness (QED) is 0.495. The molecule has 0 radical (unpaired) electrons. The summed E-state index contributed by atoms with van der Waals surface area (Å²) in [5, 5.41) is 8.41. The van der Waals surface area contributed by atoms with E-state index in [-0.39, 0.29) is 13.0 Å². The molecule has 5 N–H and O–H groups in total. The van der Waals surface area contributed by atoms with E-state index in [2.05, 4.69) is 20.9 Å². The molecule has 0 aliphatic carbocycles. The Balaban J connectivity index is 1.70. The van der Waals surface area contributed by atoms with Gasteiger partial charge in [-0.2, -0.15) is 0 Å². The van der Waals surface area contributed by atoms with Gasteiger partial charge >= 0.3 is 0 Å². The summed E-state index contributed by atoms with van der Waals surface area (Å²) < 4.78 is 26.9. The Hall–Kier alpha value is -2.49. The first kappa shape index (κ1) is 23.2. The highest BCUT2D eigenvalue weighted by Gasteiger charge is 2.43. The third kappa shape index (κ3) is 6.49. The van der Waals surface area contributed by atoms with E-state index in [1.54, 1.807) is 30.3 Å². The Morgan fingerprint density at radius 1 is 1.23 bits per heavy atom. The number of nitrogens with two attached hydrogens (primary N) is 1. The number of anilines is 1. The standard InChI is InChI=1S/C20H21Cl2F2N5O2/c21-13-3-1-11(5-14(13)22)6-15(29-19(31)16-7-20(23,24)10-28-16)18(30)27-9-12-2-4-17(25)26-8-12/h1-5,8,15-16,28H,6-7,9-10H2,(H2,25,26)(H,27,30)(H,29,31)/t15-,16+/m0/s1. The number of rotatable bonds is 7. The average Bonchev–Trinajstić information content (AvgIpc) is 3.09. The van der Waals surface area contributed by atoms with Crippen molar-refractivity contribution in [1.29, 1.82) is 0 Å². The summed E-state index contributed by atoms with van der Waals surface area (Å²) in [7, 11) is 0. The van der Waals surface area contributed by atoms with Crippen molar-refractivity contribution in [3.05, 3.63) is 57.7 Å². The van der Waals surface area contributed by atoms with E-state index >= 15 is 0 Å². The minimum atomic E-state index is -2.97. The molecule has 0 unspecified atom stereocenters. The van der Waals surface area contributed by atoms with Crippen LogP contribution in [0.4, 0.5) is 14.6 Å². The number of aromatic nitrogens is 1. The van der Waals surface area contributed by atoms with Gasteiger partial charge in [-0.1, -0.05) is 35.3 Å². The van der Waals surface area contributed by atoms with Crippen molar-refractivity contribution in [2.45, 2.75) is 37.4 Å². The first-order chi connectivity index (χ1) is 14.6. The second kappa shape index (κ2) is 9.76. The molecule has 0 bridgehead atoms. The molecule has 11 heteroatoms. The molecule has 166 valence electrons. The first-order valence-corrected chi connectivity index (χ1v) is 10.2. The first-order valence-electron chi connectivity index (χ1n) is 9.46. The number of nitrogens with one attached hydrogen (secondary N) is 3. The van der Waals surface area contributed by atoms with Crippen LogP contribution in [-0.2, 0) is 22.6 Å². The lowest BCUT2D eigenvalue weighted by Gasteiger charge is -2.21. The number of carbonyl (C=O) groups excluding carboxylic acids is 2. The van der Waals surface area contributed by atoms with Gasteiger partial charge in [-0.25, -0.2) is 13.8 Å². The van der Waals surface area contributed by atoms with Crippen LogP contribution in [-0.4, -0.2) is 41.3 Å². The molecule has 2 aromatic rings. The van der Waals surface area contributed by atoms with Gasteiger partial charge in [0, 0.05) is 25.6 Å². The molecule has 2 heterocycles. The van der Waals surface area contributed by atoms with Crippen LogP contribution in [0.25, 0.3) is 0 Å². The summed E-state index contributed by atoms with van der Waals surface area (Å²) >= 11 is 12.0. The SMILES string of the molecule is Nc1ccc(CNC(=O)[C@H](Cc2ccc(Cl)c(Cl)c2)NC(=O)[C@H]2CC(F)(F)CN2)cn1. The Labute approximate surface area is 187 Å². The largest absolute Gasteiger partial charge is 0.384 e. The highest BCUT2D eigenvalue weighted by molar-refractivity contribution is 6.42. The summed E-state index contributed by atoms with van der Waals surface area (Å²) in [6.07, 6.45) is 0.987. The van der Waals surface area contributed by atoms with E-state index in [0.717, 1.165) is 0 Å². The van der Waals surface area contributed by atoms with Gasteiger partial charge in [-0.05, 0) is 29.3 Å². The monoisotopic (exact) mass is 471 g/mol. The highest BCUT2D eigenvalue weighted by atomic mass is 35.5. The Bertz CT molecular complexity index is 959. The molecule has 1 aliphatic heterocycles. The van der Waals surface area contributed by atoms with Crippen molar-refractivity contribution >= 4 is 40.8 Å². The second-order valence-corrected chi connectivity index (χ2v) is 8.13. The Morgan fingerprint density at radius 3 is 2.58 bits per heavy atom. The number of carbonyl (C=O) groups is 2. The molecule has 2 atom stereocenters. The normalized spacial score (nSPS) is 18.4. The van der Waals surface area contributed by atoms with Gasteiger partial charge in [-0.3, -0.25) is 14.9 Å². The zero-order valence-electron chi connectivity index (χ0n) is 16.3. The maximum absolute atomic E-state index is 13.5. The van der Waals surface area contributed by atoms with Crippen LogP contribution in [0.5, 0.6) is 0 Å². The number of amides is 2. The third-order valence-corrected chi connectivity index (χ3v) is 5.54. The van der Waals surface area contributed by atoms with E-state index < -0.39 is 42.8 Å². The molecule has 2 amide bonds. The molecular weight excluding hydrogens is 451 g/mol. The second-order valence-electron chi connectivity index (χ2n) is 7.32.